The third-order valence-corrected chi connectivity index (χ3v) is 9.73. The van der Waals surface area contributed by atoms with Crippen molar-refractivity contribution in [2.24, 2.45) is 0 Å². The molecule has 2 atom stereocenters. The van der Waals surface area contributed by atoms with Crippen LogP contribution >= 0.6 is 0 Å². The van der Waals surface area contributed by atoms with Crippen molar-refractivity contribution < 1.29 is 23.2 Å². The van der Waals surface area contributed by atoms with E-state index >= 15 is 0 Å². The molecule has 0 unspecified atom stereocenters. The topological polar surface area (TPSA) is 103 Å². The maximum atomic E-state index is 14.3. The molecule has 216 valence electrons. The molecule has 0 bridgehead atoms. The number of nitrogens with one attached hydrogen (secondary N) is 3. The van der Waals surface area contributed by atoms with Crippen LogP contribution in [0.1, 0.15) is 54.9 Å². The van der Waals surface area contributed by atoms with E-state index in [-0.39, 0.29) is 30.5 Å². The normalized spacial score (nSPS) is 25.5. The molecular formula is C32H31F2N5O3. The zero-order valence-electron chi connectivity index (χ0n) is 23.2. The summed E-state index contributed by atoms with van der Waals surface area (Å²) < 4.78 is 28.6. The van der Waals surface area contributed by atoms with E-state index in [2.05, 4.69) is 20.9 Å². The number of benzene rings is 2. The van der Waals surface area contributed by atoms with Crippen molar-refractivity contribution in [1.29, 1.82) is 0 Å². The summed E-state index contributed by atoms with van der Waals surface area (Å²) in [4.78, 5) is 46.3. The lowest BCUT2D eigenvalue weighted by molar-refractivity contribution is -0.153. The standard InChI is InChI=1S/C32H31F2N5O3/c1-30(21-12-22(33)14-23(34)13-21)18-36-32(8-2-3-9-32)29(42)39(30)17-26(40)37-24-7-6-19-15-31(16-20(19)11-24)25-5-4-10-35-27(25)38-28(31)41/h4-7,10-14,36H,2-3,8-9,15-18H2,1H3,(H,37,40)(H,35,38,41)/t30-,31-/m1/s1. The zero-order valence-corrected chi connectivity index (χ0v) is 23.2. The van der Waals surface area contributed by atoms with Crippen LogP contribution in [0.2, 0.25) is 0 Å². The third kappa shape index (κ3) is 4.03. The number of rotatable bonds is 4. The average Bonchev–Trinajstić information content (AvgIpc) is 3.65. The minimum Gasteiger partial charge on any atom is -0.325 e. The summed E-state index contributed by atoms with van der Waals surface area (Å²) in [5.41, 5.74) is 1.06. The van der Waals surface area contributed by atoms with Gasteiger partial charge in [0.15, 0.2) is 0 Å². The summed E-state index contributed by atoms with van der Waals surface area (Å²) in [7, 11) is 0. The summed E-state index contributed by atoms with van der Waals surface area (Å²) in [6.07, 6.45) is 5.76. The van der Waals surface area contributed by atoms with Crippen LogP contribution in [0.15, 0.2) is 54.7 Å². The van der Waals surface area contributed by atoms with E-state index in [9.17, 15) is 23.2 Å². The van der Waals surface area contributed by atoms with Gasteiger partial charge >= 0.3 is 0 Å². The van der Waals surface area contributed by atoms with Gasteiger partial charge in [-0.15, -0.1) is 0 Å². The van der Waals surface area contributed by atoms with Crippen LogP contribution in [0.3, 0.4) is 0 Å². The molecule has 1 saturated carbocycles. The molecule has 1 aromatic heterocycles. The fraction of sp³-hybridized carbons (Fsp3) is 0.375. The van der Waals surface area contributed by atoms with Gasteiger partial charge in [-0.3, -0.25) is 14.4 Å². The molecule has 10 heteroatoms. The second-order valence-corrected chi connectivity index (χ2v) is 12.3. The fourth-order valence-corrected chi connectivity index (χ4v) is 7.42. The first-order valence-corrected chi connectivity index (χ1v) is 14.3. The van der Waals surface area contributed by atoms with Crippen molar-refractivity contribution in [3.8, 4) is 0 Å². The van der Waals surface area contributed by atoms with E-state index in [0.29, 0.717) is 37.2 Å². The summed E-state index contributed by atoms with van der Waals surface area (Å²) in [6, 6.07) is 12.6. The van der Waals surface area contributed by atoms with Gasteiger partial charge in [0.1, 0.15) is 24.0 Å². The molecule has 3 aromatic rings. The third-order valence-electron chi connectivity index (χ3n) is 9.73. The quantitative estimate of drug-likeness (QED) is 0.440. The monoisotopic (exact) mass is 571 g/mol. The van der Waals surface area contributed by atoms with Crippen molar-refractivity contribution in [2.75, 3.05) is 23.7 Å². The zero-order chi connectivity index (χ0) is 29.3. The SMILES string of the molecule is C[C@]1(c2cc(F)cc(F)c2)CNC2(CCCC2)C(=O)N1CC(=O)Nc1ccc2c(c1)C[C@@]1(C2)C(=O)Nc2ncccc21. The van der Waals surface area contributed by atoms with Crippen LogP contribution in [0.25, 0.3) is 0 Å². The fourth-order valence-electron chi connectivity index (χ4n) is 7.42. The Morgan fingerprint density at radius 3 is 2.52 bits per heavy atom. The Morgan fingerprint density at radius 1 is 1.02 bits per heavy atom. The molecule has 2 aromatic carbocycles. The van der Waals surface area contributed by atoms with Gasteiger partial charge in [-0.25, -0.2) is 13.8 Å². The second kappa shape index (κ2) is 9.42. The lowest BCUT2D eigenvalue weighted by Crippen LogP contribution is -2.71. The van der Waals surface area contributed by atoms with Crippen molar-refractivity contribution in [1.82, 2.24) is 15.2 Å². The van der Waals surface area contributed by atoms with Gasteiger partial charge in [0.05, 0.1) is 16.5 Å². The van der Waals surface area contributed by atoms with E-state index in [0.717, 1.165) is 35.6 Å². The summed E-state index contributed by atoms with van der Waals surface area (Å²) in [5, 5.41) is 9.21. The van der Waals surface area contributed by atoms with Crippen LogP contribution in [-0.4, -0.2) is 46.2 Å². The smallest absolute Gasteiger partial charge is 0.244 e. The maximum Gasteiger partial charge on any atom is 0.244 e. The number of pyridine rings is 1. The number of halogens is 2. The molecule has 2 fully saturated rings. The van der Waals surface area contributed by atoms with Crippen LogP contribution in [0.5, 0.6) is 0 Å². The van der Waals surface area contributed by atoms with Crippen molar-refractivity contribution in [2.45, 2.75) is 61.9 Å². The van der Waals surface area contributed by atoms with Crippen molar-refractivity contribution >= 4 is 29.2 Å². The van der Waals surface area contributed by atoms with Crippen LogP contribution in [0.4, 0.5) is 20.3 Å². The molecule has 3 amide bonds. The van der Waals surface area contributed by atoms with E-state index in [1.165, 1.54) is 17.0 Å². The van der Waals surface area contributed by atoms with Gasteiger partial charge in [0.25, 0.3) is 0 Å². The van der Waals surface area contributed by atoms with Crippen molar-refractivity contribution in [3.05, 3.63) is 88.6 Å². The first-order valence-electron chi connectivity index (χ1n) is 14.3. The molecule has 0 radical (unpaired) electrons. The molecular weight excluding hydrogens is 540 g/mol. The highest BCUT2D eigenvalue weighted by atomic mass is 19.1. The average molecular weight is 572 g/mol. The number of carbonyl (C=O) groups is 3. The number of anilines is 2. The van der Waals surface area contributed by atoms with Crippen LogP contribution < -0.4 is 16.0 Å². The largest absolute Gasteiger partial charge is 0.325 e. The molecule has 4 aliphatic rings. The predicted molar refractivity (Wildman–Crippen MR) is 152 cm³/mol. The number of hydrogen-bond acceptors (Lipinski definition) is 5. The Bertz CT molecular complexity index is 1630. The molecule has 2 aliphatic carbocycles. The number of carbonyl (C=O) groups excluding carboxylic acids is 3. The minimum absolute atomic E-state index is 0.0795. The molecule has 3 N–H and O–H groups in total. The highest BCUT2D eigenvalue weighted by Gasteiger charge is 2.54. The summed E-state index contributed by atoms with van der Waals surface area (Å²) >= 11 is 0. The van der Waals surface area contributed by atoms with E-state index in [1.807, 2.05) is 24.3 Å². The molecule has 2 spiro atoms. The Morgan fingerprint density at radius 2 is 1.76 bits per heavy atom. The van der Waals surface area contributed by atoms with E-state index in [1.54, 1.807) is 19.2 Å². The number of piperazine rings is 1. The highest BCUT2D eigenvalue weighted by Crippen LogP contribution is 2.47. The second-order valence-electron chi connectivity index (χ2n) is 12.3. The van der Waals surface area contributed by atoms with Gasteiger partial charge in [0, 0.05) is 30.1 Å². The van der Waals surface area contributed by atoms with Gasteiger partial charge < -0.3 is 20.9 Å². The first-order chi connectivity index (χ1) is 20.1. The molecule has 3 heterocycles. The van der Waals surface area contributed by atoms with E-state index in [4.69, 9.17) is 0 Å². The molecule has 42 heavy (non-hydrogen) atoms. The Labute approximate surface area is 241 Å². The van der Waals surface area contributed by atoms with E-state index < -0.39 is 34.0 Å². The number of amides is 3. The molecule has 2 aliphatic heterocycles. The van der Waals surface area contributed by atoms with Gasteiger partial charge in [0.2, 0.25) is 17.7 Å². The number of nitrogens with zero attached hydrogens (tertiary/aromatic N) is 2. The lowest BCUT2D eigenvalue weighted by atomic mass is 9.79. The Balaban J connectivity index is 1.14. The highest BCUT2D eigenvalue weighted by molar-refractivity contribution is 6.06. The van der Waals surface area contributed by atoms with Gasteiger partial charge in [-0.2, -0.15) is 0 Å². The maximum absolute atomic E-state index is 14.3. The molecule has 8 nitrogen and oxygen atoms in total. The summed E-state index contributed by atoms with van der Waals surface area (Å²) in [5.74, 6) is -1.62. The number of aromatic nitrogens is 1. The minimum atomic E-state index is -1.15. The first kappa shape index (κ1) is 26.7. The summed E-state index contributed by atoms with van der Waals surface area (Å²) in [6.45, 7) is 1.71. The Kier molecular flexibility index (Phi) is 5.99. The number of hydrogen-bond donors (Lipinski definition) is 3. The van der Waals surface area contributed by atoms with Crippen LogP contribution in [-0.2, 0) is 38.2 Å². The molecule has 1 saturated heterocycles. The number of fused-ring (bicyclic) bond motifs is 3. The van der Waals surface area contributed by atoms with Crippen molar-refractivity contribution in [3.63, 3.8) is 0 Å². The lowest BCUT2D eigenvalue weighted by Gasteiger charge is -2.51. The van der Waals surface area contributed by atoms with Crippen LogP contribution in [0, 0.1) is 11.6 Å². The Hall–Kier alpha value is -4.18. The predicted octanol–water partition coefficient (Wildman–Crippen LogP) is 3.95. The van der Waals surface area contributed by atoms with Gasteiger partial charge in [-0.1, -0.05) is 25.0 Å². The van der Waals surface area contributed by atoms with Gasteiger partial charge in [-0.05, 0) is 79.6 Å². The molecule has 7 rings (SSSR count).